The molecule has 1 aliphatic heterocycles. The lowest BCUT2D eigenvalue weighted by Gasteiger charge is -2.41. The summed E-state index contributed by atoms with van der Waals surface area (Å²) >= 11 is 5.98. The lowest BCUT2D eigenvalue weighted by Crippen LogP contribution is -2.45. The van der Waals surface area contributed by atoms with Gasteiger partial charge in [0.15, 0.2) is 0 Å². The molecule has 3 aromatic rings. The zero-order valence-corrected chi connectivity index (χ0v) is 17.2. The van der Waals surface area contributed by atoms with Gasteiger partial charge in [-0.05, 0) is 49.1 Å². The fourth-order valence-corrected chi connectivity index (χ4v) is 4.35. The fraction of sp³-hybridized carbons (Fsp3) is 0.391. The van der Waals surface area contributed by atoms with Crippen LogP contribution in [0.2, 0.25) is 5.02 Å². The van der Waals surface area contributed by atoms with Crippen molar-refractivity contribution in [1.29, 1.82) is 0 Å². The predicted molar refractivity (Wildman–Crippen MR) is 115 cm³/mol. The third-order valence-electron chi connectivity index (χ3n) is 6.10. The zero-order chi connectivity index (χ0) is 20.3. The van der Waals surface area contributed by atoms with Crippen molar-refractivity contribution in [3.63, 3.8) is 0 Å². The van der Waals surface area contributed by atoms with Crippen molar-refractivity contribution >= 4 is 28.5 Å². The van der Waals surface area contributed by atoms with Gasteiger partial charge in [-0.25, -0.2) is 4.98 Å². The number of nitrogens with zero attached hydrogens (tertiary/aromatic N) is 3. The predicted octanol–water partition coefficient (Wildman–Crippen LogP) is 3.92. The normalized spacial score (nSPS) is 16.3. The minimum atomic E-state index is -0.162. The number of aryl methyl sites for hydroxylation is 1. The van der Waals surface area contributed by atoms with Crippen molar-refractivity contribution < 1.29 is 9.90 Å². The summed E-state index contributed by atoms with van der Waals surface area (Å²) in [4.78, 5) is 19.1. The van der Waals surface area contributed by atoms with Crippen molar-refractivity contribution in [2.24, 2.45) is 5.41 Å². The molecule has 0 bridgehead atoms. The van der Waals surface area contributed by atoms with Gasteiger partial charge in [0.2, 0.25) is 5.91 Å². The second kappa shape index (κ2) is 8.56. The Morgan fingerprint density at radius 3 is 2.55 bits per heavy atom. The number of imidazole rings is 1. The van der Waals surface area contributed by atoms with Crippen LogP contribution in [0.5, 0.6) is 0 Å². The average molecular weight is 412 g/mol. The number of rotatable bonds is 6. The lowest BCUT2D eigenvalue weighted by molar-refractivity contribution is -0.134. The second-order valence-electron chi connectivity index (χ2n) is 8.02. The van der Waals surface area contributed by atoms with Crippen LogP contribution in [-0.2, 0) is 17.8 Å². The van der Waals surface area contributed by atoms with Gasteiger partial charge in [0.1, 0.15) is 0 Å². The van der Waals surface area contributed by atoms with Crippen LogP contribution in [0.3, 0.4) is 0 Å². The largest absolute Gasteiger partial charge is 0.396 e. The molecule has 1 N–H and O–H groups in total. The molecule has 2 aromatic carbocycles. The van der Waals surface area contributed by atoms with E-state index in [0.29, 0.717) is 26.1 Å². The van der Waals surface area contributed by atoms with E-state index >= 15 is 0 Å². The van der Waals surface area contributed by atoms with E-state index in [0.717, 1.165) is 35.3 Å². The van der Waals surface area contributed by atoms with Crippen LogP contribution in [0.15, 0.2) is 54.9 Å². The fourth-order valence-electron chi connectivity index (χ4n) is 4.22. The van der Waals surface area contributed by atoms with E-state index in [2.05, 4.69) is 4.98 Å². The molecule has 152 valence electrons. The first-order valence-corrected chi connectivity index (χ1v) is 10.5. The van der Waals surface area contributed by atoms with Gasteiger partial charge < -0.3 is 14.6 Å². The van der Waals surface area contributed by atoms with Crippen LogP contribution in [0, 0.1) is 5.41 Å². The smallest absolute Gasteiger partial charge is 0.224 e. The summed E-state index contributed by atoms with van der Waals surface area (Å²) in [5.41, 5.74) is 3.02. The molecular formula is C23H26ClN3O2. The van der Waals surface area contributed by atoms with Crippen LogP contribution in [0.4, 0.5) is 0 Å². The second-order valence-corrected chi connectivity index (χ2v) is 8.46. The Labute approximate surface area is 175 Å². The molecule has 4 rings (SSSR count). The molecule has 1 aromatic heterocycles. The Morgan fingerprint density at radius 2 is 1.83 bits per heavy atom. The maximum Gasteiger partial charge on any atom is 0.224 e. The number of hydrogen-bond donors (Lipinski definition) is 1. The topological polar surface area (TPSA) is 58.4 Å². The number of aliphatic hydroxyl groups is 1. The highest BCUT2D eigenvalue weighted by atomic mass is 35.5. The van der Waals surface area contributed by atoms with Crippen LogP contribution < -0.4 is 0 Å². The third kappa shape index (κ3) is 4.46. The molecule has 0 aliphatic carbocycles. The number of piperidine rings is 1. The monoisotopic (exact) mass is 411 g/mol. The number of likely N-dealkylation sites (tertiary alicyclic amines) is 1. The molecule has 0 unspecified atom stereocenters. The van der Waals surface area contributed by atoms with Crippen molar-refractivity contribution in [1.82, 2.24) is 14.5 Å². The molecule has 1 amide bonds. The number of carbonyl (C=O) groups is 1. The summed E-state index contributed by atoms with van der Waals surface area (Å²) < 4.78 is 2.04. The third-order valence-corrected chi connectivity index (χ3v) is 6.35. The van der Waals surface area contributed by atoms with Crippen molar-refractivity contribution in [3.8, 4) is 0 Å². The SMILES string of the molecule is O=C(CCn1cnc2ccccc21)N1CCC(CO)(Cc2ccc(Cl)cc2)CC1. The minimum absolute atomic E-state index is 0.138. The molecule has 0 radical (unpaired) electrons. The Hall–Kier alpha value is -2.37. The molecule has 0 spiro atoms. The molecule has 1 aliphatic rings. The molecule has 1 fully saturated rings. The van der Waals surface area contributed by atoms with Crippen LogP contribution in [-0.4, -0.2) is 45.2 Å². The number of hydrogen-bond acceptors (Lipinski definition) is 3. The van der Waals surface area contributed by atoms with Crippen LogP contribution in [0.1, 0.15) is 24.8 Å². The Bertz CT molecular complexity index is 975. The Kier molecular flexibility index (Phi) is 5.88. The molecule has 0 atom stereocenters. The number of amides is 1. The van der Waals surface area contributed by atoms with E-state index in [4.69, 9.17) is 11.6 Å². The average Bonchev–Trinajstić information content (AvgIpc) is 3.17. The van der Waals surface area contributed by atoms with Crippen LogP contribution >= 0.6 is 11.6 Å². The number of benzene rings is 2. The molecule has 29 heavy (non-hydrogen) atoms. The number of para-hydroxylation sites is 2. The molecule has 5 nitrogen and oxygen atoms in total. The highest BCUT2D eigenvalue weighted by Gasteiger charge is 2.35. The summed E-state index contributed by atoms with van der Waals surface area (Å²) in [7, 11) is 0. The van der Waals surface area contributed by atoms with Crippen molar-refractivity contribution in [2.75, 3.05) is 19.7 Å². The highest BCUT2D eigenvalue weighted by molar-refractivity contribution is 6.30. The highest BCUT2D eigenvalue weighted by Crippen LogP contribution is 2.35. The summed E-state index contributed by atoms with van der Waals surface area (Å²) in [6, 6.07) is 15.8. The number of aliphatic hydroxyl groups excluding tert-OH is 1. The summed E-state index contributed by atoms with van der Waals surface area (Å²) in [5.74, 6) is 0.167. The van der Waals surface area contributed by atoms with Gasteiger partial charge >= 0.3 is 0 Å². The number of carbonyl (C=O) groups excluding carboxylic acids is 1. The van der Waals surface area contributed by atoms with E-state index in [1.54, 1.807) is 6.33 Å². The Morgan fingerprint density at radius 1 is 1.10 bits per heavy atom. The standard InChI is InChI=1S/C23H26ClN3O2/c24-19-7-5-18(6-8-19)15-23(16-28)10-13-26(14-11-23)22(29)9-12-27-17-25-20-3-1-2-4-21(20)27/h1-8,17,28H,9-16H2. The van der Waals surface area contributed by atoms with Gasteiger partial charge in [0, 0.05) is 43.1 Å². The van der Waals surface area contributed by atoms with Gasteiger partial charge in [-0.1, -0.05) is 35.9 Å². The molecule has 2 heterocycles. The quantitative estimate of drug-likeness (QED) is 0.668. The lowest BCUT2D eigenvalue weighted by atomic mass is 9.74. The first-order chi connectivity index (χ1) is 14.1. The van der Waals surface area contributed by atoms with E-state index in [9.17, 15) is 9.90 Å². The maximum absolute atomic E-state index is 12.7. The summed E-state index contributed by atoms with van der Waals surface area (Å²) in [5, 5.41) is 10.8. The first kappa shape index (κ1) is 19.9. The maximum atomic E-state index is 12.7. The first-order valence-electron chi connectivity index (χ1n) is 10.1. The summed E-state index contributed by atoms with van der Waals surface area (Å²) in [6.45, 7) is 2.15. The van der Waals surface area contributed by atoms with Gasteiger partial charge in [0.25, 0.3) is 0 Å². The van der Waals surface area contributed by atoms with Gasteiger partial charge in [0.05, 0.1) is 17.4 Å². The molecule has 1 saturated heterocycles. The number of aromatic nitrogens is 2. The van der Waals surface area contributed by atoms with E-state index in [1.165, 1.54) is 5.56 Å². The van der Waals surface area contributed by atoms with Gasteiger partial charge in [-0.3, -0.25) is 4.79 Å². The molecular weight excluding hydrogens is 386 g/mol. The van der Waals surface area contributed by atoms with E-state index in [-0.39, 0.29) is 17.9 Å². The van der Waals surface area contributed by atoms with Gasteiger partial charge in [-0.15, -0.1) is 0 Å². The number of fused-ring (bicyclic) bond motifs is 1. The molecule has 6 heteroatoms. The van der Waals surface area contributed by atoms with E-state index < -0.39 is 0 Å². The zero-order valence-electron chi connectivity index (χ0n) is 16.4. The minimum Gasteiger partial charge on any atom is -0.396 e. The van der Waals surface area contributed by atoms with E-state index in [1.807, 2.05) is 58.0 Å². The van der Waals surface area contributed by atoms with Gasteiger partial charge in [-0.2, -0.15) is 0 Å². The van der Waals surface area contributed by atoms with Crippen LogP contribution in [0.25, 0.3) is 11.0 Å². The number of halogens is 1. The van der Waals surface area contributed by atoms with Crippen molar-refractivity contribution in [2.45, 2.75) is 32.2 Å². The summed E-state index contributed by atoms with van der Waals surface area (Å²) in [6.07, 6.45) is 4.70. The molecule has 0 saturated carbocycles. The Balaban J connectivity index is 1.33. The van der Waals surface area contributed by atoms with Crippen molar-refractivity contribution in [3.05, 3.63) is 65.4 Å².